The molecule has 3 nitrogen and oxygen atoms in total. The highest BCUT2D eigenvalue weighted by Crippen LogP contribution is 2.27. The smallest absolute Gasteiger partial charge is 0.346 e. The van der Waals surface area contributed by atoms with E-state index in [-0.39, 0.29) is 5.63 Å². The van der Waals surface area contributed by atoms with Crippen LogP contribution in [0.2, 0.25) is 0 Å². The maximum Gasteiger partial charge on any atom is 0.346 e. The van der Waals surface area contributed by atoms with Crippen molar-refractivity contribution < 1.29 is 4.42 Å². The fourth-order valence-corrected chi connectivity index (χ4v) is 2.47. The lowest BCUT2D eigenvalue weighted by atomic mass is 10.1. The van der Waals surface area contributed by atoms with E-state index < -0.39 is 0 Å². The molecule has 4 rings (SSSR count). The molecule has 0 saturated heterocycles. The summed E-state index contributed by atoms with van der Waals surface area (Å²) >= 11 is 0. The zero-order valence-corrected chi connectivity index (χ0v) is 9.44. The molecule has 0 amide bonds. The Morgan fingerprint density at radius 1 is 0.889 bits per heavy atom. The number of para-hydroxylation sites is 2. The van der Waals surface area contributed by atoms with Gasteiger partial charge in [0, 0.05) is 16.3 Å². The third-order valence-corrected chi connectivity index (χ3v) is 3.27. The molecule has 0 spiro atoms. The molecule has 0 fully saturated rings. The van der Waals surface area contributed by atoms with Gasteiger partial charge in [0.1, 0.15) is 5.58 Å². The van der Waals surface area contributed by atoms with Crippen molar-refractivity contribution in [1.29, 1.82) is 0 Å². The number of hydrogen-bond donors (Lipinski definition) is 1. The molecule has 0 bridgehead atoms. The quantitative estimate of drug-likeness (QED) is 0.474. The summed E-state index contributed by atoms with van der Waals surface area (Å²) in [6, 6.07) is 15.3. The van der Waals surface area contributed by atoms with Gasteiger partial charge < -0.3 is 9.40 Å². The van der Waals surface area contributed by atoms with E-state index in [1.807, 2.05) is 48.5 Å². The summed E-state index contributed by atoms with van der Waals surface area (Å²) in [5, 5.41) is 2.47. The fourth-order valence-electron chi connectivity index (χ4n) is 2.47. The lowest BCUT2D eigenvalue weighted by molar-refractivity contribution is 0.570. The summed E-state index contributed by atoms with van der Waals surface area (Å²) in [6.45, 7) is 0. The Hall–Kier alpha value is -2.55. The highest BCUT2D eigenvalue weighted by atomic mass is 16.4. The van der Waals surface area contributed by atoms with Crippen molar-refractivity contribution in [2.45, 2.75) is 0 Å². The molecule has 0 aliphatic heterocycles. The van der Waals surface area contributed by atoms with E-state index in [2.05, 4.69) is 4.98 Å². The first-order valence-corrected chi connectivity index (χ1v) is 5.77. The van der Waals surface area contributed by atoms with Crippen LogP contribution in [0.5, 0.6) is 0 Å². The number of aromatic nitrogens is 1. The van der Waals surface area contributed by atoms with Gasteiger partial charge in [-0.15, -0.1) is 0 Å². The van der Waals surface area contributed by atoms with Gasteiger partial charge in [0.15, 0.2) is 0 Å². The lowest BCUT2D eigenvalue weighted by Gasteiger charge is -1.96. The van der Waals surface area contributed by atoms with Crippen LogP contribution in [0.3, 0.4) is 0 Å². The van der Waals surface area contributed by atoms with Crippen LogP contribution >= 0.6 is 0 Å². The van der Waals surface area contributed by atoms with Gasteiger partial charge in [-0.25, -0.2) is 4.79 Å². The zero-order valence-electron chi connectivity index (χ0n) is 9.44. The number of aromatic amines is 1. The maximum atomic E-state index is 12.1. The third-order valence-electron chi connectivity index (χ3n) is 3.27. The lowest BCUT2D eigenvalue weighted by Crippen LogP contribution is -1.98. The second-order valence-electron chi connectivity index (χ2n) is 4.31. The SMILES string of the molecule is O=c1oc2ccccc2c2[nH]c3ccccc3c12. The second-order valence-corrected chi connectivity index (χ2v) is 4.31. The average Bonchev–Trinajstić information content (AvgIpc) is 2.79. The van der Waals surface area contributed by atoms with E-state index in [9.17, 15) is 4.79 Å². The fraction of sp³-hybridized carbons (Fsp3) is 0. The van der Waals surface area contributed by atoms with Crippen molar-refractivity contribution in [3.05, 3.63) is 59.0 Å². The van der Waals surface area contributed by atoms with Crippen molar-refractivity contribution in [3.8, 4) is 0 Å². The van der Waals surface area contributed by atoms with E-state index in [1.54, 1.807) is 0 Å². The Labute approximate surface area is 102 Å². The van der Waals surface area contributed by atoms with Crippen LogP contribution in [0.15, 0.2) is 57.7 Å². The van der Waals surface area contributed by atoms with Crippen LogP contribution in [0, 0.1) is 0 Å². The molecule has 0 radical (unpaired) electrons. The van der Waals surface area contributed by atoms with Crippen LogP contribution in [0.1, 0.15) is 0 Å². The molecule has 3 heteroatoms. The van der Waals surface area contributed by atoms with E-state index in [4.69, 9.17) is 4.42 Å². The first-order valence-electron chi connectivity index (χ1n) is 5.77. The van der Waals surface area contributed by atoms with Crippen molar-refractivity contribution in [2.24, 2.45) is 0 Å². The Balaban J connectivity index is 2.42. The van der Waals surface area contributed by atoms with Gasteiger partial charge >= 0.3 is 5.63 Å². The monoisotopic (exact) mass is 235 g/mol. The molecule has 2 heterocycles. The molecule has 86 valence electrons. The number of fused-ring (bicyclic) bond motifs is 5. The van der Waals surface area contributed by atoms with Gasteiger partial charge in [0.25, 0.3) is 0 Å². The molecule has 4 aromatic rings. The summed E-state index contributed by atoms with van der Waals surface area (Å²) in [5.41, 5.74) is 2.13. The highest BCUT2D eigenvalue weighted by molar-refractivity contribution is 6.14. The average molecular weight is 235 g/mol. The molecule has 0 aliphatic carbocycles. The predicted molar refractivity (Wildman–Crippen MR) is 71.8 cm³/mol. The molecule has 0 saturated carbocycles. The first kappa shape index (κ1) is 9.48. The number of benzene rings is 2. The van der Waals surface area contributed by atoms with Crippen molar-refractivity contribution >= 4 is 32.8 Å². The largest absolute Gasteiger partial charge is 0.422 e. The number of nitrogens with one attached hydrogen (secondary N) is 1. The Bertz CT molecular complexity index is 947. The minimum absolute atomic E-state index is 0.291. The van der Waals surface area contributed by atoms with Gasteiger partial charge in [-0.2, -0.15) is 0 Å². The molecular formula is C15H9NO2. The minimum atomic E-state index is -0.291. The van der Waals surface area contributed by atoms with Crippen molar-refractivity contribution in [1.82, 2.24) is 4.98 Å². The normalized spacial score (nSPS) is 11.6. The highest BCUT2D eigenvalue weighted by Gasteiger charge is 2.12. The molecule has 2 aromatic heterocycles. The van der Waals surface area contributed by atoms with Crippen LogP contribution < -0.4 is 5.63 Å². The molecule has 0 unspecified atom stereocenters. The molecule has 2 aromatic carbocycles. The van der Waals surface area contributed by atoms with E-state index >= 15 is 0 Å². The third kappa shape index (κ3) is 1.10. The Kier molecular flexibility index (Phi) is 1.70. The Morgan fingerprint density at radius 3 is 2.50 bits per heavy atom. The number of rotatable bonds is 0. The summed E-state index contributed by atoms with van der Waals surface area (Å²) < 4.78 is 5.37. The molecule has 18 heavy (non-hydrogen) atoms. The van der Waals surface area contributed by atoms with Gasteiger partial charge in [-0.3, -0.25) is 0 Å². The second kappa shape index (κ2) is 3.23. The van der Waals surface area contributed by atoms with Gasteiger partial charge in [-0.05, 0) is 18.2 Å². The van der Waals surface area contributed by atoms with E-state index in [1.165, 1.54) is 0 Å². The molecular weight excluding hydrogens is 226 g/mol. The van der Waals surface area contributed by atoms with Crippen molar-refractivity contribution in [3.63, 3.8) is 0 Å². The van der Waals surface area contributed by atoms with Crippen LogP contribution in [-0.2, 0) is 0 Å². The standard InChI is InChI=1S/C15H9NO2/c17-15-13-9-5-1-3-7-11(9)16-14(13)10-6-2-4-8-12(10)18-15/h1-8,16H. The molecule has 1 N–H and O–H groups in total. The van der Waals surface area contributed by atoms with Crippen LogP contribution in [-0.4, -0.2) is 4.98 Å². The van der Waals surface area contributed by atoms with E-state index in [0.717, 1.165) is 21.8 Å². The van der Waals surface area contributed by atoms with Crippen molar-refractivity contribution in [2.75, 3.05) is 0 Å². The van der Waals surface area contributed by atoms with E-state index in [0.29, 0.717) is 11.0 Å². The molecule has 0 aliphatic rings. The van der Waals surface area contributed by atoms with Crippen LogP contribution in [0.25, 0.3) is 32.8 Å². The number of hydrogen-bond acceptors (Lipinski definition) is 2. The first-order chi connectivity index (χ1) is 8.84. The summed E-state index contributed by atoms with van der Waals surface area (Å²) in [5.74, 6) is 0. The topological polar surface area (TPSA) is 46.0 Å². The van der Waals surface area contributed by atoms with Gasteiger partial charge in [0.05, 0.1) is 10.9 Å². The van der Waals surface area contributed by atoms with Crippen LogP contribution in [0.4, 0.5) is 0 Å². The maximum absolute atomic E-state index is 12.1. The Morgan fingerprint density at radius 2 is 1.61 bits per heavy atom. The summed E-state index contributed by atoms with van der Waals surface area (Å²) in [6.07, 6.45) is 0. The zero-order chi connectivity index (χ0) is 12.1. The summed E-state index contributed by atoms with van der Waals surface area (Å²) in [4.78, 5) is 15.4. The number of H-pyrrole nitrogens is 1. The molecule has 0 atom stereocenters. The predicted octanol–water partition coefficient (Wildman–Crippen LogP) is 3.43. The summed E-state index contributed by atoms with van der Waals surface area (Å²) in [7, 11) is 0. The minimum Gasteiger partial charge on any atom is -0.422 e. The van der Waals surface area contributed by atoms with Gasteiger partial charge in [-0.1, -0.05) is 30.3 Å². The van der Waals surface area contributed by atoms with Gasteiger partial charge in [0.2, 0.25) is 0 Å².